The number of aryl methyl sites for hydroxylation is 1. The molecule has 0 saturated heterocycles. The van der Waals surface area contributed by atoms with Crippen LogP contribution >= 0.6 is 0 Å². The summed E-state index contributed by atoms with van der Waals surface area (Å²) in [6.45, 7) is 13.0. The van der Waals surface area contributed by atoms with Gasteiger partial charge in [-0.2, -0.15) is 0 Å². The van der Waals surface area contributed by atoms with E-state index < -0.39 is 0 Å². The van der Waals surface area contributed by atoms with Crippen LogP contribution in [-0.2, 0) is 12.0 Å². The van der Waals surface area contributed by atoms with Gasteiger partial charge in [0.15, 0.2) is 0 Å². The van der Waals surface area contributed by atoms with Crippen LogP contribution in [0.1, 0.15) is 50.9 Å². The number of hydrogen-bond donors (Lipinski definition) is 1. The molecule has 0 fully saturated rings. The van der Waals surface area contributed by atoms with E-state index in [0.29, 0.717) is 0 Å². The van der Waals surface area contributed by atoms with Crippen molar-refractivity contribution in [2.45, 2.75) is 53.0 Å². The Morgan fingerprint density at radius 1 is 1.15 bits per heavy atom. The average Bonchev–Trinajstić information content (AvgIpc) is 2.38. The Hall–Kier alpha value is -1.41. The Morgan fingerprint density at radius 2 is 1.90 bits per heavy atom. The number of nitrogens with one attached hydrogen (secondary N) is 1. The zero-order valence-corrected chi connectivity index (χ0v) is 13.4. The summed E-state index contributed by atoms with van der Waals surface area (Å²) in [6.07, 6.45) is 1.16. The number of pyridine rings is 1. The molecule has 1 aromatic heterocycles. The molecule has 0 spiro atoms. The molecule has 2 heteroatoms. The van der Waals surface area contributed by atoms with Gasteiger partial charge in [0.05, 0.1) is 5.52 Å². The fraction of sp³-hybridized carbons (Fsp3) is 0.500. The molecule has 0 saturated carbocycles. The van der Waals surface area contributed by atoms with Crippen molar-refractivity contribution in [3.8, 4) is 0 Å². The minimum atomic E-state index is 0.0819. The van der Waals surface area contributed by atoms with Crippen LogP contribution in [0.2, 0.25) is 0 Å². The van der Waals surface area contributed by atoms with E-state index in [-0.39, 0.29) is 5.41 Å². The Morgan fingerprint density at radius 3 is 2.55 bits per heavy atom. The van der Waals surface area contributed by atoms with Crippen LogP contribution in [-0.4, -0.2) is 11.5 Å². The highest BCUT2D eigenvalue weighted by atomic mass is 14.8. The smallest absolute Gasteiger partial charge is 0.0708 e. The Balaban J connectivity index is 2.51. The molecule has 0 amide bonds. The second kappa shape index (κ2) is 5.92. The summed E-state index contributed by atoms with van der Waals surface area (Å²) in [5.74, 6) is 0. The van der Waals surface area contributed by atoms with E-state index in [0.717, 1.165) is 25.0 Å². The molecule has 1 N–H and O–H groups in total. The molecular formula is C18H26N2. The van der Waals surface area contributed by atoms with Gasteiger partial charge in [0, 0.05) is 23.0 Å². The molecule has 0 aliphatic rings. The number of benzene rings is 1. The quantitative estimate of drug-likeness (QED) is 0.836. The van der Waals surface area contributed by atoms with Crippen molar-refractivity contribution >= 4 is 10.9 Å². The maximum atomic E-state index is 4.85. The Labute approximate surface area is 122 Å². The van der Waals surface area contributed by atoms with Crippen LogP contribution in [0, 0.1) is 6.92 Å². The molecule has 1 aromatic carbocycles. The highest BCUT2D eigenvalue weighted by Crippen LogP contribution is 2.26. The first-order valence-electron chi connectivity index (χ1n) is 7.53. The third-order valence-corrected chi connectivity index (χ3v) is 3.56. The molecule has 0 aliphatic heterocycles. The summed E-state index contributed by atoms with van der Waals surface area (Å²) in [7, 11) is 0. The highest BCUT2D eigenvalue weighted by Gasteiger charge is 2.17. The van der Waals surface area contributed by atoms with Gasteiger partial charge in [-0.1, -0.05) is 39.3 Å². The first kappa shape index (κ1) is 15.0. The van der Waals surface area contributed by atoms with Gasteiger partial charge >= 0.3 is 0 Å². The third kappa shape index (κ3) is 3.37. The molecule has 1 heterocycles. The van der Waals surface area contributed by atoms with Crippen molar-refractivity contribution < 1.29 is 0 Å². The molecule has 0 unspecified atom stereocenters. The van der Waals surface area contributed by atoms with Crippen LogP contribution in [0.5, 0.6) is 0 Å². The SMILES string of the molecule is CCCNCc1cc(C(C)(C)C)nc2ccc(C)cc12. The summed E-state index contributed by atoms with van der Waals surface area (Å²) < 4.78 is 0. The summed E-state index contributed by atoms with van der Waals surface area (Å²) in [4.78, 5) is 4.85. The monoisotopic (exact) mass is 270 g/mol. The van der Waals surface area contributed by atoms with E-state index in [1.54, 1.807) is 0 Å². The maximum absolute atomic E-state index is 4.85. The maximum Gasteiger partial charge on any atom is 0.0708 e. The standard InChI is InChI=1S/C18H26N2/c1-6-9-19-12-14-11-17(18(3,4)5)20-16-8-7-13(2)10-15(14)16/h7-8,10-11,19H,6,9,12H2,1-5H3. The first-order chi connectivity index (χ1) is 9.41. The molecule has 2 nitrogen and oxygen atoms in total. The Bertz CT molecular complexity index is 594. The van der Waals surface area contributed by atoms with Gasteiger partial charge < -0.3 is 5.32 Å². The Kier molecular flexibility index (Phi) is 4.44. The fourth-order valence-corrected chi connectivity index (χ4v) is 2.34. The third-order valence-electron chi connectivity index (χ3n) is 3.56. The highest BCUT2D eigenvalue weighted by molar-refractivity contribution is 5.83. The number of rotatable bonds is 4. The average molecular weight is 270 g/mol. The van der Waals surface area contributed by atoms with Gasteiger partial charge in [-0.05, 0) is 43.7 Å². The van der Waals surface area contributed by atoms with Crippen molar-refractivity contribution in [3.63, 3.8) is 0 Å². The molecule has 20 heavy (non-hydrogen) atoms. The van der Waals surface area contributed by atoms with Crippen molar-refractivity contribution in [2.24, 2.45) is 0 Å². The molecule has 0 bridgehead atoms. The van der Waals surface area contributed by atoms with Crippen molar-refractivity contribution in [2.75, 3.05) is 6.54 Å². The normalized spacial score (nSPS) is 12.1. The van der Waals surface area contributed by atoms with Gasteiger partial charge in [0.25, 0.3) is 0 Å². The lowest BCUT2D eigenvalue weighted by Crippen LogP contribution is -2.18. The molecule has 0 atom stereocenters. The van der Waals surface area contributed by atoms with E-state index in [1.807, 2.05) is 0 Å². The second-order valence-electron chi connectivity index (χ2n) is 6.61. The van der Waals surface area contributed by atoms with E-state index in [4.69, 9.17) is 4.98 Å². The van der Waals surface area contributed by atoms with Gasteiger partial charge in [0.2, 0.25) is 0 Å². The topological polar surface area (TPSA) is 24.9 Å². The summed E-state index contributed by atoms with van der Waals surface area (Å²) >= 11 is 0. The first-order valence-corrected chi connectivity index (χ1v) is 7.53. The largest absolute Gasteiger partial charge is 0.313 e. The van der Waals surface area contributed by atoms with Gasteiger partial charge in [-0.15, -0.1) is 0 Å². The van der Waals surface area contributed by atoms with Crippen molar-refractivity contribution in [1.29, 1.82) is 0 Å². The zero-order chi connectivity index (χ0) is 14.8. The van der Waals surface area contributed by atoms with Crippen LogP contribution in [0.4, 0.5) is 0 Å². The van der Waals surface area contributed by atoms with Crippen LogP contribution in [0.3, 0.4) is 0 Å². The van der Waals surface area contributed by atoms with Gasteiger partial charge in [0.1, 0.15) is 0 Å². The zero-order valence-electron chi connectivity index (χ0n) is 13.4. The van der Waals surface area contributed by atoms with E-state index in [2.05, 4.69) is 64.2 Å². The molecule has 2 rings (SSSR count). The predicted octanol–water partition coefficient (Wildman–Crippen LogP) is 4.34. The van der Waals surface area contributed by atoms with Crippen LogP contribution in [0.15, 0.2) is 24.3 Å². The van der Waals surface area contributed by atoms with Crippen LogP contribution < -0.4 is 5.32 Å². The van der Waals surface area contributed by atoms with Crippen LogP contribution in [0.25, 0.3) is 10.9 Å². The number of aromatic nitrogens is 1. The fourth-order valence-electron chi connectivity index (χ4n) is 2.34. The van der Waals surface area contributed by atoms with Crippen molar-refractivity contribution in [3.05, 3.63) is 41.1 Å². The lowest BCUT2D eigenvalue weighted by atomic mass is 9.89. The minimum absolute atomic E-state index is 0.0819. The number of fused-ring (bicyclic) bond motifs is 1. The van der Waals surface area contributed by atoms with E-state index in [1.165, 1.54) is 22.2 Å². The lowest BCUT2D eigenvalue weighted by molar-refractivity contribution is 0.569. The molecule has 108 valence electrons. The molecule has 0 aliphatic carbocycles. The van der Waals surface area contributed by atoms with Gasteiger partial charge in [-0.3, -0.25) is 4.98 Å². The van der Waals surface area contributed by atoms with Gasteiger partial charge in [-0.25, -0.2) is 0 Å². The van der Waals surface area contributed by atoms with E-state index >= 15 is 0 Å². The summed E-state index contributed by atoms with van der Waals surface area (Å²) in [6, 6.07) is 8.80. The lowest BCUT2D eigenvalue weighted by Gasteiger charge is -2.20. The van der Waals surface area contributed by atoms with Crippen molar-refractivity contribution in [1.82, 2.24) is 10.3 Å². The molecule has 2 aromatic rings. The van der Waals surface area contributed by atoms with E-state index in [9.17, 15) is 0 Å². The minimum Gasteiger partial charge on any atom is -0.313 e. The summed E-state index contributed by atoms with van der Waals surface area (Å²) in [5, 5.41) is 4.79. The summed E-state index contributed by atoms with van der Waals surface area (Å²) in [5.41, 5.74) is 5.01. The predicted molar refractivity (Wildman–Crippen MR) is 87.2 cm³/mol. The second-order valence-corrected chi connectivity index (χ2v) is 6.61. The number of hydrogen-bond acceptors (Lipinski definition) is 2. The number of nitrogens with zero attached hydrogens (tertiary/aromatic N) is 1. The molecular weight excluding hydrogens is 244 g/mol. The molecule has 0 radical (unpaired) electrons.